The Morgan fingerprint density at radius 2 is 1.83 bits per heavy atom. The van der Waals surface area contributed by atoms with Crippen LogP contribution >= 0.6 is 11.6 Å². The van der Waals surface area contributed by atoms with Crippen molar-refractivity contribution in [3.63, 3.8) is 0 Å². The van der Waals surface area contributed by atoms with Crippen molar-refractivity contribution in [2.24, 2.45) is 0 Å². The number of hydrogen-bond donors (Lipinski definition) is 1. The van der Waals surface area contributed by atoms with Gasteiger partial charge < -0.3 is 14.7 Å². The molecular formula is C23H22ClNO4. The Morgan fingerprint density at radius 3 is 2.52 bits per heavy atom. The van der Waals surface area contributed by atoms with E-state index in [1.165, 1.54) is 0 Å². The maximum Gasteiger partial charge on any atom is 0.295 e. The molecule has 6 heteroatoms. The third-order valence-electron chi connectivity index (χ3n) is 5.71. The first-order valence-corrected chi connectivity index (χ1v) is 10.1. The quantitative estimate of drug-likeness (QED) is 0.449. The van der Waals surface area contributed by atoms with Crippen LogP contribution in [0.4, 0.5) is 0 Å². The molecule has 1 N–H and O–H groups in total. The summed E-state index contributed by atoms with van der Waals surface area (Å²) >= 11 is 6.07. The van der Waals surface area contributed by atoms with E-state index >= 15 is 0 Å². The lowest BCUT2D eigenvalue weighted by Gasteiger charge is -2.31. The molecule has 1 amide bonds. The summed E-state index contributed by atoms with van der Waals surface area (Å²) in [6.45, 7) is 0. The van der Waals surface area contributed by atoms with Crippen molar-refractivity contribution in [3.8, 4) is 5.75 Å². The van der Waals surface area contributed by atoms with Gasteiger partial charge in [0, 0.05) is 16.6 Å². The maximum atomic E-state index is 13.0. The zero-order chi connectivity index (χ0) is 20.5. The number of carbonyl (C=O) groups excluding carboxylic acids is 2. The lowest BCUT2D eigenvalue weighted by molar-refractivity contribution is -0.141. The van der Waals surface area contributed by atoms with Crippen LogP contribution in [0.25, 0.3) is 5.76 Å². The Hall–Kier alpha value is -2.79. The van der Waals surface area contributed by atoms with E-state index in [1.54, 1.807) is 36.3 Å². The summed E-state index contributed by atoms with van der Waals surface area (Å²) in [5, 5.41) is 11.5. The molecule has 2 aliphatic rings. The predicted molar refractivity (Wildman–Crippen MR) is 111 cm³/mol. The van der Waals surface area contributed by atoms with Crippen molar-refractivity contribution < 1.29 is 19.4 Å². The van der Waals surface area contributed by atoms with Crippen molar-refractivity contribution in [3.05, 3.63) is 70.3 Å². The van der Waals surface area contributed by atoms with Gasteiger partial charge in [0.1, 0.15) is 11.5 Å². The first-order chi connectivity index (χ1) is 14.0. The van der Waals surface area contributed by atoms with Gasteiger partial charge in [0.25, 0.3) is 11.7 Å². The van der Waals surface area contributed by atoms with E-state index in [-0.39, 0.29) is 17.4 Å². The van der Waals surface area contributed by atoms with Crippen LogP contribution in [0.15, 0.2) is 54.1 Å². The molecule has 1 saturated carbocycles. The molecule has 1 atom stereocenters. The summed E-state index contributed by atoms with van der Waals surface area (Å²) in [6.07, 6.45) is 3.75. The second-order valence-electron chi connectivity index (χ2n) is 7.43. The Bertz CT molecular complexity index is 994. The molecule has 1 aliphatic heterocycles. The fraction of sp³-hybridized carbons (Fsp3) is 0.304. The Kier molecular flexibility index (Phi) is 5.33. The van der Waals surface area contributed by atoms with E-state index in [2.05, 4.69) is 0 Å². The van der Waals surface area contributed by atoms with Gasteiger partial charge in [0.05, 0.1) is 18.7 Å². The summed E-state index contributed by atoms with van der Waals surface area (Å²) < 4.78 is 5.34. The molecule has 29 heavy (non-hydrogen) atoms. The zero-order valence-corrected chi connectivity index (χ0v) is 16.9. The average Bonchev–Trinajstić information content (AvgIpc) is 3.34. The van der Waals surface area contributed by atoms with Gasteiger partial charge >= 0.3 is 0 Å². The van der Waals surface area contributed by atoms with Gasteiger partial charge in [-0.2, -0.15) is 0 Å². The number of hydrogen-bond acceptors (Lipinski definition) is 4. The largest absolute Gasteiger partial charge is 0.507 e. The summed E-state index contributed by atoms with van der Waals surface area (Å²) in [4.78, 5) is 27.7. The van der Waals surface area contributed by atoms with E-state index in [4.69, 9.17) is 16.3 Å². The number of rotatable bonds is 4. The molecule has 0 bridgehead atoms. The fourth-order valence-electron chi connectivity index (χ4n) is 4.34. The molecule has 1 saturated heterocycles. The van der Waals surface area contributed by atoms with Crippen LogP contribution in [0.3, 0.4) is 0 Å². The highest BCUT2D eigenvalue weighted by molar-refractivity contribution is 6.46. The third-order valence-corrected chi connectivity index (χ3v) is 5.94. The number of benzene rings is 2. The standard InChI is InChI=1S/C23H22ClNO4/c1-29-18-11-5-6-14(13-18)20-19(21(26)15-7-4-8-16(24)12-15)22(27)23(28)25(20)17-9-2-3-10-17/h4-8,11-13,17,20,26H,2-3,9-10H2,1H3/b21-19-. The van der Waals surface area contributed by atoms with E-state index in [9.17, 15) is 14.7 Å². The lowest BCUT2D eigenvalue weighted by Crippen LogP contribution is -2.37. The topological polar surface area (TPSA) is 66.8 Å². The van der Waals surface area contributed by atoms with Crippen LogP contribution in [0.1, 0.15) is 42.9 Å². The normalized spacial score (nSPS) is 21.7. The van der Waals surface area contributed by atoms with Gasteiger partial charge in [0.15, 0.2) is 0 Å². The van der Waals surface area contributed by atoms with Crippen LogP contribution in [-0.2, 0) is 9.59 Å². The first-order valence-electron chi connectivity index (χ1n) is 9.71. The smallest absolute Gasteiger partial charge is 0.295 e. The SMILES string of the molecule is COc1cccc(C2/C(=C(/O)c3cccc(Cl)c3)C(=O)C(=O)N2C2CCCC2)c1. The molecule has 5 nitrogen and oxygen atoms in total. The molecule has 0 radical (unpaired) electrons. The van der Waals surface area contributed by atoms with E-state index < -0.39 is 17.7 Å². The monoisotopic (exact) mass is 411 g/mol. The van der Waals surface area contributed by atoms with Crippen LogP contribution in [-0.4, -0.2) is 34.8 Å². The molecule has 1 aliphatic carbocycles. The molecular weight excluding hydrogens is 390 g/mol. The number of carbonyl (C=O) groups is 2. The fourth-order valence-corrected chi connectivity index (χ4v) is 4.53. The number of halogens is 1. The van der Waals surface area contributed by atoms with Crippen molar-refractivity contribution in [1.82, 2.24) is 4.90 Å². The van der Waals surface area contributed by atoms with Crippen LogP contribution < -0.4 is 4.74 Å². The number of amides is 1. The van der Waals surface area contributed by atoms with Crippen molar-refractivity contribution in [2.75, 3.05) is 7.11 Å². The predicted octanol–water partition coefficient (Wildman–Crippen LogP) is 4.71. The van der Waals surface area contributed by atoms with E-state index in [0.717, 1.165) is 31.2 Å². The van der Waals surface area contributed by atoms with Gasteiger partial charge in [0.2, 0.25) is 0 Å². The molecule has 150 valence electrons. The Morgan fingerprint density at radius 1 is 1.10 bits per heavy atom. The molecule has 4 rings (SSSR count). The molecule has 0 aromatic heterocycles. The number of aliphatic hydroxyl groups excluding tert-OH is 1. The summed E-state index contributed by atoms with van der Waals surface area (Å²) in [5.41, 5.74) is 1.24. The Balaban J connectivity index is 1.90. The van der Waals surface area contributed by atoms with Gasteiger partial charge in [-0.3, -0.25) is 9.59 Å². The maximum absolute atomic E-state index is 13.0. The van der Waals surface area contributed by atoms with Crippen LogP contribution in [0.5, 0.6) is 5.75 Å². The number of likely N-dealkylation sites (tertiary alicyclic amines) is 1. The number of Topliss-reactive ketones (excluding diaryl/α,β-unsaturated/α-hetero) is 1. The highest BCUT2D eigenvalue weighted by atomic mass is 35.5. The summed E-state index contributed by atoms with van der Waals surface area (Å²) in [6, 6.07) is 13.3. The number of ether oxygens (including phenoxy) is 1. The zero-order valence-electron chi connectivity index (χ0n) is 16.1. The second kappa shape index (κ2) is 7.91. The second-order valence-corrected chi connectivity index (χ2v) is 7.87. The summed E-state index contributed by atoms with van der Waals surface area (Å²) in [7, 11) is 1.57. The lowest BCUT2D eigenvalue weighted by atomic mass is 9.94. The van der Waals surface area contributed by atoms with Crippen LogP contribution in [0.2, 0.25) is 5.02 Å². The van der Waals surface area contributed by atoms with E-state index in [1.807, 2.05) is 24.3 Å². The highest BCUT2D eigenvalue weighted by Gasteiger charge is 2.49. The van der Waals surface area contributed by atoms with Crippen LogP contribution in [0, 0.1) is 0 Å². The number of aliphatic hydroxyl groups is 1. The highest BCUT2D eigenvalue weighted by Crippen LogP contribution is 2.44. The van der Waals surface area contributed by atoms with E-state index in [0.29, 0.717) is 16.3 Å². The van der Waals surface area contributed by atoms with Crippen molar-refractivity contribution >= 4 is 29.1 Å². The number of ketones is 1. The average molecular weight is 412 g/mol. The molecule has 0 spiro atoms. The molecule has 2 aromatic carbocycles. The van der Waals surface area contributed by atoms with Gasteiger partial charge in [-0.25, -0.2) is 0 Å². The molecule has 1 heterocycles. The number of nitrogens with zero attached hydrogens (tertiary/aromatic N) is 1. The Labute approximate surface area is 174 Å². The summed E-state index contributed by atoms with van der Waals surface area (Å²) in [5.74, 6) is -0.808. The van der Waals surface area contributed by atoms with Gasteiger partial charge in [-0.1, -0.05) is 48.7 Å². The minimum absolute atomic E-state index is 0.0210. The minimum Gasteiger partial charge on any atom is -0.507 e. The minimum atomic E-state index is -0.665. The third kappa shape index (κ3) is 3.51. The molecule has 1 unspecified atom stereocenters. The van der Waals surface area contributed by atoms with Crippen molar-refractivity contribution in [1.29, 1.82) is 0 Å². The molecule has 2 aromatic rings. The number of methoxy groups -OCH3 is 1. The first kappa shape index (κ1) is 19.5. The van der Waals surface area contributed by atoms with Gasteiger partial charge in [-0.15, -0.1) is 0 Å². The van der Waals surface area contributed by atoms with Crippen molar-refractivity contribution in [2.45, 2.75) is 37.8 Å². The molecule has 2 fully saturated rings. The van der Waals surface area contributed by atoms with Gasteiger partial charge in [-0.05, 0) is 42.7 Å².